The highest BCUT2D eigenvalue weighted by Gasteiger charge is 2.61. The minimum absolute atomic E-state index is 0.0678. The van der Waals surface area contributed by atoms with Gasteiger partial charge in [-0.05, 0) is 27.1 Å². The number of carbonyl (C=O) groups excluding carboxylic acids is 2. The van der Waals surface area contributed by atoms with E-state index in [1.54, 1.807) is 48.9 Å². The summed E-state index contributed by atoms with van der Waals surface area (Å²) in [6.07, 6.45) is 0. The molecule has 0 bridgehead atoms. The van der Waals surface area contributed by atoms with Crippen LogP contribution in [-0.2, 0) is 26.3 Å². The number of carbonyl (C=O) groups is 2. The van der Waals surface area contributed by atoms with Crippen LogP contribution < -0.4 is 20.9 Å². The Balaban J connectivity index is 2.14. The molecule has 0 unspecified atom stereocenters. The normalized spacial score (nSPS) is 19.3. The number of amides is 1. The number of benzene rings is 1. The molecule has 0 aliphatic carbocycles. The van der Waals surface area contributed by atoms with Gasteiger partial charge >= 0.3 is 5.97 Å². The molecule has 2 aliphatic heterocycles. The molecule has 0 fully saturated rings. The lowest BCUT2D eigenvalue weighted by Crippen LogP contribution is -2.51. The summed E-state index contributed by atoms with van der Waals surface area (Å²) in [7, 11) is 6.63. The van der Waals surface area contributed by atoms with Crippen LogP contribution in [0.5, 0.6) is 5.75 Å². The van der Waals surface area contributed by atoms with Crippen LogP contribution >= 0.6 is 0 Å². The van der Waals surface area contributed by atoms with Crippen LogP contribution in [0.1, 0.15) is 16.8 Å². The molecule has 1 atom stereocenters. The van der Waals surface area contributed by atoms with Gasteiger partial charge in [-0.1, -0.05) is 18.2 Å². The lowest BCUT2D eigenvalue weighted by Gasteiger charge is -2.35. The fraction of sp³-hybridized carbons (Fsp3) is 0.348. The van der Waals surface area contributed by atoms with Gasteiger partial charge in [-0.2, -0.15) is 0 Å². The van der Waals surface area contributed by atoms with Crippen LogP contribution in [0.3, 0.4) is 0 Å². The van der Waals surface area contributed by atoms with E-state index in [1.165, 1.54) is 12.0 Å². The first kappa shape index (κ1) is 21.6. The standard InChI is InChI=1S/C23H26N4O5/c1-13-12-16-17(20(28)27(13)11-10-25(2)3)23(18(19(24)32-16)21(29)31-5)14-8-6-7-9-15(14)26(4)22(23)30/h6-9,12H,10-11,24H2,1-5H3/t23-/m1/s1. The highest BCUT2D eigenvalue weighted by molar-refractivity contribution is 6.18. The number of aryl methyl sites for hydroxylation is 1. The first-order chi connectivity index (χ1) is 15.2. The number of nitrogens with zero attached hydrogens (tertiary/aromatic N) is 3. The summed E-state index contributed by atoms with van der Waals surface area (Å²) in [6.45, 7) is 2.80. The molecule has 0 radical (unpaired) electrons. The van der Waals surface area contributed by atoms with E-state index in [2.05, 4.69) is 0 Å². The lowest BCUT2D eigenvalue weighted by molar-refractivity contribution is -0.138. The monoisotopic (exact) mass is 438 g/mol. The maximum Gasteiger partial charge on any atom is 0.340 e. The fourth-order valence-corrected chi connectivity index (χ4v) is 4.62. The van der Waals surface area contributed by atoms with E-state index in [4.69, 9.17) is 15.2 Å². The Labute approximate surface area is 185 Å². The van der Waals surface area contributed by atoms with E-state index >= 15 is 0 Å². The molecule has 1 amide bonds. The Morgan fingerprint density at radius 1 is 1.25 bits per heavy atom. The number of para-hydroxylation sites is 1. The maximum atomic E-state index is 13.9. The van der Waals surface area contributed by atoms with Crippen molar-refractivity contribution in [2.75, 3.05) is 39.7 Å². The summed E-state index contributed by atoms with van der Waals surface area (Å²) >= 11 is 0. The highest BCUT2D eigenvalue weighted by atomic mass is 16.5. The zero-order chi connectivity index (χ0) is 23.4. The molecule has 2 N–H and O–H groups in total. The van der Waals surface area contributed by atoms with E-state index in [0.29, 0.717) is 30.0 Å². The molecular weight excluding hydrogens is 412 g/mol. The SMILES string of the molecule is COC(=O)C1=C(N)Oc2cc(C)n(CCN(C)C)c(=O)c2[C@@]12C(=O)N(C)c1ccccc12. The van der Waals surface area contributed by atoms with E-state index in [1.807, 2.05) is 19.0 Å². The number of hydrogen-bond acceptors (Lipinski definition) is 7. The number of anilines is 1. The molecule has 1 aromatic carbocycles. The van der Waals surface area contributed by atoms with Gasteiger partial charge in [-0.3, -0.25) is 9.59 Å². The minimum atomic E-state index is -1.76. The predicted octanol–water partition coefficient (Wildman–Crippen LogP) is 0.717. The van der Waals surface area contributed by atoms with Gasteiger partial charge in [0.2, 0.25) is 11.8 Å². The highest BCUT2D eigenvalue weighted by Crippen LogP contribution is 2.54. The van der Waals surface area contributed by atoms with Gasteiger partial charge in [0.1, 0.15) is 16.7 Å². The van der Waals surface area contributed by atoms with Crippen molar-refractivity contribution in [3.63, 3.8) is 0 Å². The largest absolute Gasteiger partial charge is 0.465 e. The minimum Gasteiger partial charge on any atom is -0.465 e. The lowest BCUT2D eigenvalue weighted by atomic mass is 9.68. The number of esters is 1. The third-order valence-electron chi connectivity index (χ3n) is 6.14. The van der Waals surface area contributed by atoms with Gasteiger partial charge in [0.15, 0.2) is 0 Å². The molecule has 32 heavy (non-hydrogen) atoms. The van der Waals surface area contributed by atoms with E-state index in [0.717, 1.165) is 0 Å². The van der Waals surface area contributed by atoms with Gasteiger partial charge in [-0.25, -0.2) is 4.79 Å². The van der Waals surface area contributed by atoms with Crippen molar-refractivity contribution >= 4 is 17.6 Å². The smallest absolute Gasteiger partial charge is 0.340 e. The second-order valence-electron chi connectivity index (χ2n) is 8.25. The summed E-state index contributed by atoms with van der Waals surface area (Å²) in [5.41, 5.74) is 5.64. The zero-order valence-electron chi connectivity index (χ0n) is 18.8. The topological polar surface area (TPSA) is 107 Å². The molecule has 9 nitrogen and oxygen atoms in total. The summed E-state index contributed by atoms with van der Waals surface area (Å²) in [6, 6.07) is 8.72. The van der Waals surface area contributed by atoms with Crippen LogP contribution in [0.25, 0.3) is 0 Å². The molecule has 9 heteroatoms. The van der Waals surface area contributed by atoms with Crippen molar-refractivity contribution in [2.45, 2.75) is 18.9 Å². The van der Waals surface area contributed by atoms with Crippen molar-refractivity contribution in [1.29, 1.82) is 0 Å². The van der Waals surface area contributed by atoms with Crippen molar-refractivity contribution < 1.29 is 19.1 Å². The molecule has 1 aromatic heterocycles. The molecule has 168 valence electrons. The summed E-state index contributed by atoms with van der Waals surface area (Å²) in [5.74, 6) is -1.39. The summed E-state index contributed by atoms with van der Waals surface area (Å²) < 4.78 is 12.3. The van der Waals surface area contributed by atoms with Gasteiger partial charge in [0.05, 0.1) is 12.7 Å². The number of rotatable bonds is 4. The van der Waals surface area contributed by atoms with Crippen LogP contribution in [-0.4, -0.2) is 56.1 Å². The molecule has 1 spiro atoms. The van der Waals surface area contributed by atoms with Gasteiger partial charge < -0.3 is 29.6 Å². The number of ether oxygens (including phenoxy) is 2. The van der Waals surface area contributed by atoms with Gasteiger partial charge in [-0.15, -0.1) is 0 Å². The van der Waals surface area contributed by atoms with Crippen LogP contribution in [0.4, 0.5) is 5.69 Å². The summed E-state index contributed by atoms with van der Waals surface area (Å²) in [4.78, 5) is 44.2. The van der Waals surface area contributed by atoms with Gasteiger partial charge in [0, 0.05) is 43.1 Å². The maximum absolute atomic E-state index is 13.9. The molecule has 0 saturated carbocycles. The first-order valence-corrected chi connectivity index (χ1v) is 10.2. The predicted molar refractivity (Wildman–Crippen MR) is 118 cm³/mol. The third-order valence-corrected chi connectivity index (χ3v) is 6.14. The number of pyridine rings is 1. The molecule has 3 heterocycles. The zero-order valence-corrected chi connectivity index (χ0v) is 18.8. The molecule has 2 aromatic rings. The average Bonchev–Trinajstić information content (AvgIpc) is 2.95. The van der Waals surface area contributed by atoms with Crippen molar-refractivity contribution in [2.24, 2.45) is 5.73 Å². The number of nitrogens with two attached hydrogens (primary N) is 1. The molecule has 2 aliphatic rings. The van der Waals surface area contributed by atoms with E-state index in [9.17, 15) is 14.4 Å². The Bertz CT molecular complexity index is 1230. The van der Waals surface area contributed by atoms with Crippen LogP contribution in [0, 0.1) is 6.92 Å². The second-order valence-corrected chi connectivity index (χ2v) is 8.25. The third kappa shape index (κ3) is 2.77. The number of likely N-dealkylation sites (N-methyl/N-ethyl adjacent to an activating group) is 2. The second kappa shape index (κ2) is 7.52. The van der Waals surface area contributed by atoms with E-state index in [-0.39, 0.29) is 22.8 Å². The van der Waals surface area contributed by atoms with Crippen LogP contribution in [0.2, 0.25) is 0 Å². The fourth-order valence-electron chi connectivity index (χ4n) is 4.62. The number of fused-ring (bicyclic) bond motifs is 4. The Hall–Kier alpha value is -3.59. The Morgan fingerprint density at radius 2 is 1.94 bits per heavy atom. The molecular formula is C23H26N4O5. The molecule has 4 rings (SSSR count). The van der Waals surface area contributed by atoms with Crippen LogP contribution in [0.15, 0.2) is 46.6 Å². The number of aromatic nitrogens is 1. The number of hydrogen-bond donors (Lipinski definition) is 1. The van der Waals surface area contributed by atoms with Gasteiger partial charge in [0.25, 0.3) is 5.56 Å². The molecule has 0 saturated heterocycles. The summed E-state index contributed by atoms with van der Waals surface area (Å²) in [5, 5.41) is 0. The Kier molecular flexibility index (Phi) is 5.09. The Morgan fingerprint density at radius 3 is 2.59 bits per heavy atom. The van der Waals surface area contributed by atoms with Crippen molar-refractivity contribution in [1.82, 2.24) is 9.47 Å². The first-order valence-electron chi connectivity index (χ1n) is 10.2. The average molecular weight is 438 g/mol. The number of methoxy groups -OCH3 is 1. The quantitative estimate of drug-likeness (QED) is 0.701. The van der Waals surface area contributed by atoms with Crippen molar-refractivity contribution in [3.8, 4) is 5.75 Å². The van der Waals surface area contributed by atoms with Crippen molar-refractivity contribution in [3.05, 3.63) is 69.0 Å². The van der Waals surface area contributed by atoms with E-state index < -0.39 is 22.9 Å².